The first kappa shape index (κ1) is 15.0. The first-order valence-corrected chi connectivity index (χ1v) is 6.74. The fraction of sp³-hybridized carbons (Fsp3) is 0.600. The standard InChI is InChI=1S/C15H25NO2/c1-4-8-14(17-3)15(16)12-9-6-7-10-13(12)18-11-5-2/h6-7,9-10,14-15H,4-5,8,11,16H2,1-3H3. The number of hydrogen-bond donors (Lipinski definition) is 1. The molecule has 0 aliphatic rings. The fourth-order valence-corrected chi connectivity index (χ4v) is 2.03. The van der Waals surface area contributed by atoms with E-state index in [2.05, 4.69) is 13.8 Å². The summed E-state index contributed by atoms with van der Waals surface area (Å²) in [6.45, 7) is 4.95. The Hall–Kier alpha value is -1.06. The van der Waals surface area contributed by atoms with Crippen LogP contribution in [0.5, 0.6) is 5.75 Å². The highest BCUT2D eigenvalue weighted by Gasteiger charge is 2.21. The second-order valence-corrected chi connectivity index (χ2v) is 4.47. The molecule has 102 valence electrons. The van der Waals surface area contributed by atoms with Gasteiger partial charge in [-0.15, -0.1) is 0 Å². The van der Waals surface area contributed by atoms with Crippen LogP contribution in [0.15, 0.2) is 24.3 Å². The maximum absolute atomic E-state index is 6.30. The molecule has 1 rings (SSSR count). The molecule has 2 unspecified atom stereocenters. The van der Waals surface area contributed by atoms with Crippen molar-refractivity contribution >= 4 is 0 Å². The van der Waals surface area contributed by atoms with E-state index in [1.54, 1.807) is 7.11 Å². The molecule has 0 saturated heterocycles. The van der Waals surface area contributed by atoms with Crippen molar-refractivity contribution in [3.63, 3.8) is 0 Å². The van der Waals surface area contributed by atoms with Gasteiger partial charge in [-0.1, -0.05) is 38.5 Å². The van der Waals surface area contributed by atoms with Gasteiger partial charge in [0.15, 0.2) is 0 Å². The molecule has 0 aliphatic heterocycles. The van der Waals surface area contributed by atoms with Crippen molar-refractivity contribution in [2.75, 3.05) is 13.7 Å². The molecule has 2 N–H and O–H groups in total. The normalized spacial score (nSPS) is 14.2. The van der Waals surface area contributed by atoms with E-state index in [0.717, 1.165) is 37.2 Å². The molecule has 0 aromatic heterocycles. The molecule has 2 atom stereocenters. The first-order chi connectivity index (χ1) is 8.74. The van der Waals surface area contributed by atoms with Crippen LogP contribution in [0.2, 0.25) is 0 Å². The van der Waals surface area contributed by atoms with E-state index >= 15 is 0 Å². The Morgan fingerprint density at radius 3 is 2.50 bits per heavy atom. The van der Waals surface area contributed by atoms with Crippen LogP contribution < -0.4 is 10.5 Å². The molecule has 0 spiro atoms. The van der Waals surface area contributed by atoms with E-state index in [-0.39, 0.29) is 12.1 Å². The predicted octanol–water partition coefficient (Wildman–Crippen LogP) is 3.29. The van der Waals surface area contributed by atoms with Gasteiger partial charge in [0, 0.05) is 12.7 Å². The third-order valence-electron chi connectivity index (χ3n) is 3.02. The summed E-state index contributed by atoms with van der Waals surface area (Å²) in [5, 5.41) is 0. The van der Waals surface area contributed by atoms with Crippen molar-refractivity contribution in [3.05, 3.63) is 29.8 Å². The summed E-state index contributed by atoms with van der Waals surface area (Å²) < 4.78 is 11.2. The van der Waals surface area contributed by atoms with Crippen molar-refractivity contribution in [2.24, 2.45) is 5.73 Å². The van der Waals surface area contributed by atoms with Crippen LogP contribution in [0.25, 0.3) is 0 Å². The maximum atomic E-state index is 6.30. The second kappa shape index (κ2) is 8.11. The quantitative estimate of drug-likeness (QED) is 0.771. The molecule has 3 nitrogen and oxygen atoms in total. The molecule has 0 fully saturated rings. The highest BCUT2D eigenvalue weighted by atomic mass is 16.5. The lowest BCUT2D eigenvalue weighted by Crippen LogP contribution is -2.28. The summed E-state index contributed by atoms with van der Waals surface area (Å²) in [5.41, 5.74) is 7.34. The first-order valence-electron chi connectivity index (χ1n) is 6.74. The Morgan fingerprint density at radius 2 is 1.89 bits per heavy atom. The predicted molar refractivity (Wildman–Crippen MR) is 74.9 cm³/mol. The lowest BCUT2D eigenvalue weighted by molar-refractivity contribution is 0.0715. The smallest absolute Gasteiger partial charge is 0.124 e. The Labute approximate surface area is 110 Å². The van der Waals surface area contributed by atoms with Crippen LogP contribution in [0, 0.1) is 0 Å². The van der Waals surface area contributed by atoms with E-state index in [0.29, 0.717) is 0 Å². The summed E-state index contributed by atoms with van der Waals surface area (Å²) in [7, 11) is 1.72. The number of methoxy groups -OCH3 is 1. The van der Waals surface area contributed by atoms with Crippen LogP contribution in [0.1, 0.15) is 44.7 Å². The summed E-state index contributed by atoms with van der Waals surface area (Å²) >= 11 is 0. The van der Waals surface area contributed by atoms with Crippen LogP contribution in [0.3, 0.4) is 0 Å². The average Bonchev–Trinajstić information content (AvgIpc) is 2.42. The van der Waals surface area contributed by atoms with Gasteiger partial charge in [-0.3, -0.25) is 0 Å². The Kier molecular flexibility index (Phi) is 6.76. The monoisotopic (exact) mass is 251 g/mol. The Balaban J connectivity index is 2.85. The zero-order valence-electron chi connectivity index (χ0n) is 11.7. The number of nitrogens with two attached hydrogens (primary N) is 1. The summed E-state index contributed by atoms with van der Waals surface area (Å²) in [5.74, 6) is 0.880. The van der Waals surface area contributed by atoms with E-state index in [9.17, 15) is 0 Å². The van der Waals surface area contributed by atoms with Gasteiger partial charge < -0.3 is 15.2 Å². The van der Waals surface area contributed by atoms with Gasteiger partial charge in [0.05, 0.1) is 18.8 Å². The van der Waals surface area contributed by atoms with E-state index in [1.807, 2.05) is 24.3 Å². The molecular formula is C15H25NO2. The van der Waals surface area contributed by atoms with Gasteiger partial charge in [0.2, 0.25) is 0 Å². The molecule has 0 saturated carbocycles. The maximum Gasteiger partial charge on any atom is 0.124 e. The lowest BCUT2D eigenvalue weighted by Gasteiger charge is -2.24. The summed E-state index contributed by atoms with van der Waals surface area (Å²) in [6, 6.07) is 7.83. The SMILES string of the molecule is CCCOc1ccccc1C(N)C(CCC)OC. The largest absolute Gasteiger partial charge is 0.493 e. The van der Waals surface area contributed by atoms with Crippen molar-refractivity contribution in [1.29, 1.82) is 0 Å². The zero-order valence-corrected chi connectivity index (χ0v) is 11.7. The molecular weight excluding hydrogens is 226 g/mol. The van der Waals surface area contributed by atoms with Crippen molar-refractivity contribution in [2.45, 2.75) is 45.3 Å². The topological polar surface area (TPSA) is 44.5 Å². The van der Waals surface area contributed by atoms with Crippen molar-refractivity contribution < 1.29 is 9.47 Å². The number of benzene rings is 1. The van der Waals surface area contributed by atoms with E-state index in [4.69, 9.17) is 15.2 Å². The van der Waals surface area contributed by atoms with Crippen LogP contribution in [-0.4, -0.2) is 19.8 Å². The van der Waals surface area contributed by atoms with E-state index in [1.165, 1.54) is 0 Å². The molecule has 0 bridgehead atoms. The summed E-state index contributed by atoms with van der Waals surface area (Å²) in [6.07, 6.45) is 3.05. The molecule has 1 aromatic carbocycles. The Morgan fingerprint density at radius 1 is 1.17 bits per heavy atom. The van der Waals surface area contributed by atoms with Crippen molar-refractivity contribution in [3.8, 4) is 5.75 Å². The van der Waals surface area contributed by atoms with Gasteiger partial charge in [-0.05, 0) is 18.9 Å². The number of para-hydroxylation sites is 1. The molecule has 0 heterocycles. The van der Waals surface area contributed by atoms with Crippen LogP contribution in [-0.2, 0) is 4.74 Å². The van der Waals surface area contributed by atoms with Gasteiger partial charge in [-0.25, -0.2) is 0 Å². The van der Waals surface area contributed by atoms with E-state index < -0.39 is 0 Å². The van der Waals surface area contributed by atoms with Gasteiger partial charge in [0.1, 0.15) is 5.75 Å². The number of ether oxygens (including phenoxy) is 2. The molecule has 0 amide bonds. The van der Waals surface area contributed by atoms with Gasteiger partial charge in [0.25, 0.3) is 0 Å². The summed E-state index contributed by atoms with van der Waals surface area (Å²) in [4.78, 5) is 0. The highest BCUT2D eigenvalue weighted by molar-refractivity contribution is 5.36. The zero-order chi connectivity index (χ0) is 13.4. The van der Waals surface area contributed by atoms with Crippen LogP contribution in [0.4, 0.5) is 0 Å². The molecule has 0 aliphatic carbocycles. The molecule has 18 heavy (non-hydrogen) atoms. The fourth-order valence-electron chi connectivity index (χ4n) is 2.03. The molecule has 3 heteroatoms. The highest BCUT2D eigenvalue weighted by Crippen LogP contribution is 2.28. The minimum absolute atomic E-state index is 0.0429. The van der Waals surface area contributed by atoms with Crippen molar-refractivity contribution in [1.82, 2.24) is 0 Å². The molecule has 0 radical (unpaired) electrons. The third-order valence-corrected chi connectivity index (χ3v) is 3.02. The number of hydrogen-bond acceptors (Lipinski definition) is 3. The Bertz CT molecular complexity index is 341. The van der Waals surface area contributed by atoms with Crippen LogP contribution >= 0.6 is 0 Å². The minimum atomic E-state index is -0.136. The van der Waals surface area contributed by atoms with Gasteiger partial charge >= 0.3 is 0 Å². The minimum Gasteiger partial charge on any atom is -0.493 e. The lowest BCUT2D eigenvalue weighted by atomic mass is 9.98. The third kappa shape index (κ3) is 4.00. The average molecular weight is 251 g/mol. The second-order valence-electron chi connectivity index (χ2n) is 4.47. The van der Waals surface area contributed by atoms with Gasteiger partial charge in [-0.2, -0.15) is 0 Å². The number of rotatable bonds is 8. The molecule has 1 aromatic rings.